The number of rotatable bonds is 10. The molecule has 8 N–H and O–H groups in total. The fraction of sp³-hybridized carbons (Fsp3) is 0.790. The van der Waals surface area contributed by atoms with Gasteiger partial charge in [-0.2, -0.15) is 0 Å². The summed E-state index contributed by atoms with van der Waals surface area (Å²) >= 11 is 0. The number of esters is 2. The van der Waals surface area contributed by atoms with Crippen LogP contribution in [0.5, 0.6) is 11.5 Å². The molecule has 15 atom stereocenters. The van der Waals surface area contributed by atoms with Crippen LogP contribution in [-0.4, -0.2) is 130 Å². The van der Waals surface area contributed by atoms with Gasteiger partial charge in [-0.1, -0.05) is 77.8 Å². The molecule has 5 fully saturated rings. The zero-order valence-electron chi connectivity index (χ0n) is 46.7. The van der Waals surface area contributed by atoms with Crippen molar-refractivity contribution < 1.29 is 54.1 Å². The first-order valence-corrected chi connectivity index (χ1v) is 32.7. The smallest absolute Gasteiger partial charge is 0.332 e. The standard InChI is InChI=1S/C62H91N3O11S2/c1-38-27-40(18-26-66)29-41(28-38)33-64-49-35-77-78-37-59(3,73)32-43-10-8-9-42-30-47-48(60(36-67)19-6-7-20-60)34-74-57-51(70)16-14-46(55(47)57)56(42)61(22-24-63-25-23-61)53(31-52(75-39(2)68)45(43)13-15-50(49)69)76-58(72)62-21-5-4-11-44(62)12-17-54(71)65-62/h14,16,29,38,41-45,47-50,52-53,56,63-64,66-67,69-70,73H,4-7,10-13,15,17-28,30-37H2,1-3H3,(H,65,71). The SMILES string of the molecule is CC(=O)OC1CC(OC(=O)C23CCCCC2CCC(=O)N3)C2(CCNCC2)C2c3ccc(O)c4c3C(CC2C#CCC2CC(C)(O)CSSCC(NCC3C=C(CCO)CC(C)C3)C(O)CCC21)C(C1(CO)CCCC1)CO4. The maximum atomic E-state index is 15.8. The minimum Gasteiger partial charge on any atom is -0.504 e. The van der Waals surface area contributed by atoms with Crippen LogP contribution in [0.1, 0.15) is 179 Å². The molecule has 0 radical (unpaired) electrons. The molecule has 16 heteroatoms. The number of benzene rings is 1. The van der Waals surface area contributed by atoms with E-state index in [-0.39, 0.29) is 84.2 Å². The van der Waals surface area contributed by atoms with Crippen molar-refractivity contribution in [3.8, 4) is 23.3 Å². The highest BCUT2D eigenvalue weighted by Crippen LogP contribution is 2.65. The zero-order valence-corrected chi connectivity index (χ0v) is 48.4. The zero-order chi connectivity index (χ0) is 54.8. The largest absolute Gasteiger partial charge is 0.504 e. The monoisotopic (exact) mass is 1120 g/mol. The van der Waals surface area contributed by atoms with Crippen LogP contribution in [0.3, 0.4) is 0 Å². The Hall–Kier alpha value is -3.01. The summed E-state index contributed by atoms with van der Waals surface area (Å²) in [6.45, 7) is 8.12. The Bertz CT molecular complexity index is 2400. The summed E-state index contributed by atoms with van der Waals surface area (Å²) < 4.78 is 20.8. The van der Waals surface area contributed by atoms with Gasteiger partial charge in [-0.05, 0) is 151 Å². The second kappa shape index (κ2) is 24.8. The van der Waals surface area contributed by atoms with Crippen molar-refractivity contribution in [3.05, 3.63) is 34.9 Å². The lowest BCUT2D eigenvalue weighted by Gasteiger charge is -2.56. The van der Waals surface area contributed by atoms with Crippen molar-refractivity contribution in [2.24, 2.45) is 52.3 Å². The van der Waals surface area contributed by atoms with Crippen molar-refractivity contribution in [3.63, 3.8) is 0 Å². The maximum absolute atomic E-state index is 15.8. The number of carbonyl (C=O) groups is 3. The molecule has 5 aliphatic carbocycles. The predicted octanol–water partition coefficient (Wildman–Crippen LogP) is 8.21. The molecule has 10 rings (SSSR count). The topological polar surface area (TPSA) is 216 Å². The van der Waals surface area contributed by atoms with Crippen LogP contribution in [0.2, 0.25) is 0 Å². The number of amides is 1. The van der Waals surface area contributed by atoms with Crippen molar-refractivity contribution >= 4 is 39.4 Å². The van der Waals surface area contributed by atoms with E-state index in [1.54, 1.807) is 27.7 Å². The first kappa shape index (κ1) is 58.2. The molecule has 1 amide bonds. The average Bonchev–Trinajstić information content (AvgIpc) is 3.98. The van der Waals surface area contributed by atoms with Crippen LogP contribution in [0.25, 0.3) is 0 Å². The molecule has 4 aliphatic heterocycles. The second-order valence-corrected chi connectivity index (χ2v) is 28.7. The van der Waals surface area contributed by atoms with E-state index in [0.29, 0.717) is 120 Å². The lowest BCUT2D eigenvalue weighted by atomic mass is 9.51. The summed E-state index contributed by atoms with van der Waals surface area (Å²) in [6.07, 6.45) is 14.1. The maximum Gasteiger partial charge on any atom is 0.332 e. The van der Waals surface area contributed by atoms with Crippen molar-refractivity contribution in [2.75, 3.05) is 51.0 Å². The van der Waals surface area contributed by atoms with Gasteiger partial charge < -0.3 is 55.7 Å². The van der Waals surface area contributed by atoms with Gasteiger partial charge in [0, 0.05) is 104 Å². The number of carbonyl (C=O) groups excluding carboxylic acids is 3. The molecular weight excluding hydrogens is 1030 g/mol. The third-order valence-corrected chi connectivity index (χ3v) is 23.7. The van der Waals surface area contributed by atoms with Gasteiger partial charge in [0.05, 0.1) is 18.3 Å². The van der Waals surface area contributed by atoms with Crippen LogP contribution in [0.15, 0.2) is 23.8 Å². The molecule has 78 heavy (non-hydrogen) atoms. The summed E-state index contributed by atoms with van der Waals surface area (Å²) in [5.74, 6) is 7.67. The van der Waals surface area contributed by atoms with E-state index in [0.717, 1.165) is 68.9 Å². The van der Waals surface area contributed by atoms with Gasteiger partial charge in [0.15, 0.2) is 11.5 Å². The highest BCUT2D eigenvalue weighted by atomic mass is 33.1. The number of aliphatic hydroxyl groups excluding tert-OH is 3. The van der Waals surface area contributed by atoms with E-state index in [1.165, 1.54) is 12.5 Å². The lowest BCUT2D eigenvalue weighted by molar-refractivity contribution is -0.183. The van der Waals surface area contributed by atoms with E-state index >= 15 is 4.79 Å². The Labute approximate surface area is 471 Å². The lowest BCUT2D eigenvalue weighted by Crippen LogP contribution is -2.65. The van der Waals surface area contributed by atoms with Gasteiger partial charge in [-0.25, -0.2) is 4.79 Å². The highest BCUT2D eigenvalue weighted by Gasteiger charge is 2.60. The van der Waals surface area contributed by atoms with E-state index in [1.807, 2.05) is 6.92 Å². The van der Waals surface area contributed by atoms with Gasteiger partial charge >= 0.3 is 11.9 Å². The predicted molar refractivity (Wildman–Crippen MR) is 304 cm³/mol. The number of piperidine rings is 2. The van der Waals surface area contributed by atoms with Gasteiger partial charge in [0.2, 0.25) is 5.91 Å². The molecule has 2 saturated carbocycles. The molecule has 0 aromatic heterocycles. The summed E-state index contributed by atoms with van der Waals surface area (Å²) in [7, 11) is 3.27. The van der Waals surface area contributed by atoms with Crippen LogP contribution in [0, 0.1) is 64.1 Å². The van der Waals surface area contributed by atoms with Crippen LogP contribution >= 0.6 is 21.6 Å². The minimum atomic E-state index is -1.19. The number of hydrogen-bond donors (Lipinski definition) is 8. The number of phenols is 1. The summed E-state index contributed by atoms with van der Waals surface area (Å²) in [5.41, 5.74) is -0.170. The molecule has 4 heterocycles. The molecule has 1 spiro atoms. The number of phenolic OH excluding ortho intramolecular Hbond substituents is 1. The summed E-state index contributed by atoms with van der Waals surface area (Å²) in [6, 6.07) is 3.53. The molecule has 0 bridgehead atoms. The average molecular weight is 1120 g/mol. The Morgan fingerprint density at radius 1 is 0.974 bits per heavy atom. The molecule has 14 nitrogen and oxygen atoms in total. The van der Waals surface area contributed by atoms with E-state index in [4.69, 9.17) is 14.2 Å². The first-order chi connectivity index (χ1) is 37.6. The second-order valence-electron chi connectivity index (χ2n) is 26.2. The number of fused-ring (bicyclic) bond motifs is 5. The van der Waals surface area contributed by atoms with Gasteiger partial charge in [0.1, 0.15) is 17.7 Å². The normalized spacial score (nSPS) is 38.7. The molecule has 3 saturated heterocycles. The number of nitrogens with one attached hydrogen (secondary N) is 3. The van der Waals surface area contributed by atoms with Crippen molar-refractivity contribution in [1.29, 1.82) is 0 Å². The molecule has 432 valence electrons. The number of hydrogen-bond acceptors (Lipinski definition) is 15. The molecule has 15 unspecified atom stereocenters. The Kier molecular flexibility index (Phi) is 18.5. The number of ether oxygens (including phenoxy) is 3. The minimum absolute atomic E-state index is 0.0144. The fourth-order valence-electron chi connectivity index (χ4n) is 17.3. The van der Waals surface area contributed by atoms with Crippen molar-refractivity contribution in [2.45, 2.75) is 203 Å². The Morgan fingerprint density at radius 3 is 2.54 bits per heavy atom. The Balaban J connectivity index is 1.09. The highest BCUT2D eigenvalue weighted by molar-refractivity contribution is 8.76. The molecule has 1 aromatic carbocycles. The first-order valence-electron chi connectivity index (χ1n) is 30.2. The van der Waals surface area contributed by atoms with E-state index in [9.17, 15) is 35.1 Å². The van der Waals surface area contributed by atoms with E-state index in [2.05, 4.69) is 46.9 Å². The third kappa shape index (κ3) is 12.1. The van der Waals surface area contributed by atoms with Crippen LogP contribution < -0.4 is 20.7 Å². The Morgan fingerprint density at radius 2 is 1.77 bits per heavy atom. The quantitative estimate of drug-likeness (QED) is 0.0480. The van der Waals surface area contributed by atoms with Crippen LogP contribution in [0.4, 0.5) is 0 Å². The summed E-state index contributed by atoms with van der Waals surface area (Å²) in [4.78, 5) is 43.2. The number of aromatic hydroxyl groups is 1. The molecular formula is C62H91N3O11S2. The van der Waals surface area contributed by atoms with Crippen LogP contribution in [-0.2, 0) is 23.9 Å². The van der Waals surface area contributed by atoms with Gasteiger partial charge in [-0.15, -0.1) is 5.92 Å². The van der Waals surface area contributed by atoms with Gasteiger partial charge in [0.25, 0.3) is 0 Å². The molecule has 1 aromatic rings. The summed E-state index contributed by atoms with van der Waals surface area (Å²) in [5, 5.41) is 68.4. The van der Waals surface area contributed by atoms with Gasteiger partial charge in [-0.3, -0.25) is 9.59 Å². The number of aliphatic hydroxyl groups is 4. The van der Waals surface area contributed by atoms with E-state index < -0.39 is 52.7 Å². The van der Waals surface area contributed by atoms with Crippen molar-refractivity contribution in [1.82, 2.24) is 16.0 Å². The fourth-order valence-corrected chi connectivity index (χ4v) is 20.1. The third-order valence-electron chi connectivity index (χ3n) is 21.0. The molecule has 9 aliphatic rings.